The van der Waals surface area contributed by atoms with Gasteiger partial charge in [-0.25, -0.2) is 4.39 Å². The van der Waals surface area contributed by atoms with Crippen molar-refractivity contribution in [2.75, 3.05) is 0 Å². The second kappa shape index (κ2) is 7.78. The normalized spacial score (nSPS) is 12.0. The molecule has 0 aliphatic carbocycles. The number of halogens is 1. The molecule has 1 atom stereocenters. The summed E-state index contributed by atoms with van der Waals surface area (Å²) < 4.78 is 15.2. The maximum atomic E-state index is 13.2. The number of aromatic nitrogens is 1. The lowest BCUT2D eigenvalue weighted by atomic mass is 10.1. The molecule has 0 radical (unpaired) electrons. The number of carbonyl (C=O) groups is 1. The number of hydrogen-bond acceptors (Lipinski definition) is 1. The summed E-state index contributed by atoms with van der Waals surface area (Å²) in [4.78, 5) is 13.1. The molecule has 140 valence electrons. The minimum atomic E-state index is -0.259. The average molecular weight is 364 g/mol. The summed E-state index contributed by atoms with van der Waals surface area (Å²) >= 11 is 0. The van der Waals surface area contributed by atoms with Crippen LogP contribution < -0.4 is 5.32 Å². The number of rotatable bonds is 5. The molecule has 3 rings (SSSR count). The highest BCUT2D eigenvalue weighted by molar-refractivity contribution is 5.95. The van der Waals surface area contributed by atoms with E-state index in [9.17, 15) is 9.18 Å². The Balaban J connectivity index is 1.91. The van der Waals surface area contributed by atoms with Gasteiger partial charge < -0.3 is 9.88 Å². The third-order valence-electron chi connectivity index (χ3n) is 5.25. The van der Waals surface area contributed by atoms with Gasteiger partial charge in [0.2, 0.25) is 0 Å². The summed E-state index contributed by atoms with van der Waals surface area (Å²) in [5.74, 6) is -0.354. The van der Waals surface area contributed by atoms with E-state index in [1.807, 2.05) is 62.6 Å². The van der Waals surface area contributed by atoms with Crippen LogP contribution in [0.1, 0.15) is 51.4 Å². The number of benzene rings is 2. The van der Waals surface area contributed by atoms with Crippen molar-refractivity contribution < 1.29 is 9.18 Å². The number of nitrogens with one attached hydrogen (secondary N) is 1. The van der Waals surface area contributed by atoms with E-state index in [0.717, 1.165) is 27.9 Å². The van der Waals surface area contributed by atoms with Gasteiger partial charge >= 0.3 is 0 Å². The smallest absolute Gasteiger partial charge is 0.268 e. The molecule has 0 bridgehead atoms. The largest absolute Gasteiger partial charge is 0.344 e. The Morgan fingerprint density at radius 1 is 1.00 bits per heavy atom. The third kappa shape index (κ3) is 3.95. The first-order valence-corrected chi connectivity index (χ1v) is 9.15. The fourth-order valence-corrected chi connectivity index (χ4v) is 3.37. The summed E-state index contributed by atoms with van der Waals surface area (Å²) in [6.07, 6.45) is 0. The van der Waals surface area contributed by atoms with Gasteiger partial charge in [-0.3, -0.25) is 4.79 Å². The van der Waals surface area contributed by atoms with E-state index >= 15 is 0 Å². The van der Waals surface area contributed by atoms with Gasteiger partial charge in [0.1, 0.15) is 11.5 Å². The molecule has 0 saturated heterocycles. The van der Waals surface area contributed by atoms with Crippen LogP contribution in [0.25, 0.3) is 0 Å². The molecule has 0 aliphatic rings. The zero-order valence-corrected chi connectivity index (χ0v) is 16.2. The summed E-state index contributed by atoms with van der Waals surface area (Å²) in [6, 6.07) is 16.2. The lowest BCUT2D eigenvalue weighted by Gasteiger charge is -2.17. The van der Waals surface area contributed by atoms with Crippen molar-refractivity contribution in [3.8, 4) is 0 Å². The van der Waals surface area contributed by atoms with E-state index in [2.05, 4.69) is 5.32 Å². The Hall–Kier alpha value is -2.88. The Morgan fingerprint density at radius 2 is 1.63 bits per heavy atom. The van der Waals surface area contributed by atoms with Gasteiger partial charge in [0, 0.05) is 12.2 Å². The van der Waals surface area contributed by atoms with Crippen LogP contribution in [-0.4, -0.2) is 10.5 Å². The minimum absolute atomic E-state index is 0.0899. The molecule has 0 unspecified atom stereocenters. The second-order valence-corrected chi connectivity index (χ2v) is 7.00. The van der Waals surface area contributed by atoms with Crippen molar-refractivity contribution in [2.24, 2.45) is 0 Å². The summed E-state index contributed by atoms with van der Waals surface area (Å²) in [6.45, 7) is 8.54. The maximum Gasteiger partial charge on any atom is 0.268 e. The van der Waals surface area contributed by atoms with Gasteiger partial charge in [-0.05, 0) is 62.1 Å². The van der Waals surface area contributed by atoms with Crippen LogP contribution in [-0.2, 0) is 6.54 Å². The summed E-state index contributed by atoms with van der Waals surface area (Å²) in [5.41, 5.74) is 5.82. The summed E-state index contributed by atoms with van der Waals surface area (Å²) in [5, 5.41) is 3.11. The predicted octanol–water partition coefficient (Wildman–Crippen LogP) is 5.09. The third-order valence-corrected chi connectivity index (χ3v) is 5.25. The van der Waals surface area contributed by atoms with E-state index in [0.29, 0.717) is 12.2 Å². The lowest BCUT2D eigenvalue weighted by Crippen LogP contribution is -2.29. The zero-order valence-electron chi connectivity index (χ0n) is 16.2. The van der Waals surface area contributed by atoms with Crippen LogP contribution in [0.2, 0.25) is 0 Å². The maximum absolute atomic E-state index is 13.2. The van der Waals surface area contributed by atoms with E-state index in [4.69, 9.17) is 0 Å². The minimum Gasteiger partial charge on any atom is -0.344 e. The predicted molar refractivity (Wildman–Crippen MR) is 106 cm³/mol. The van der Waals surface area contributed by atoms with Gasteiger partial charge in [-0.1, -0.05) is 42.5 Å². The molecule has 1 amide bonds. The van der Waals surface area contributed by atoms with Crippen molar-refractivity contribution in [1.82, 2.24) is 9.88 Å². The number of hydrogen-bond donors (Lipinski definition) is 1. The molecular weight excluding hydrogens is 339 g/mol. The van der Waals surface area contributed by atoms with Crippen molar-refractivity contribution in [3.63, 3.8) is 0 Å². The van der Waals surface area contributed by atoms with E-state index < -0.39 is 0 Å². The SMILES string of the molecule is Cc1c(C)c(C(=O)N[C@@H](C)c2ccccc2)n(Cc2ccc(F)cc2)c1C. The van der Waals surface area contributed by atoms with Crippen LogP contribution in [0.5, 0.6) is 0 Å². The highest BCUT2D eigenvalue weighted by Crippen LogP contribution is 2.24. The highest BCUT2D eigenvalue weighted by atomic mass is 19.1. The first kappa shape index (κ1) is 18.9. The standard InChI is InChI=1S/C23H25FN2O/c1-15-16(2)22(23(27)25-17(3)20-8-6-5-7-9-20)26(18(15)4)14-19-10-12-21(24)13-11-19/h5-13,17H,14H2,1-4H3,(H,25,27)/t17-/m0/s1. The Morgan fingerprint density at radius 3 is 2.26 bits per heavy atom. The van der Waals surface area contributed by atoms with E-state index in [-0.39, 0.29) is 17.8 Å². The van der Waals surface area contributed by atoms with Crippen LogP contribution in [0.3, 0.4) is 0 Å². The molecule has 0 spiro atoms. The Bertz CT molecular complexity index is 943. The monoisotopic (exact) mass is 364 g/mol. The molecule has 0 aliphatic heterocycles. The van der Waals surface area contributed by atoms with Gasteiger partial charge in [-0.15, -0.1) is 0 Å². The fourth-order valence-electron chi connectivity index (χ4n) is 3.37. The van der Waals surface area contributed by atoms with Gasteiger partial charge in [0.15, 0.2) is 0 Å². The van der Waals surface area contributed by atoms with Crippen molar-refractivity contribution in [2.45, 2.75) is 40.3 Å². The van der Waals surface area contributed by atoms with Crippen LogP contribution in [0.4, 0.5) is 4.39 Å². The molecular formula is C23H25FN2O. The Kier molecular flexibility index (Phi) is 5.45. The van der Waals surface area contributed by atoms with Gasteiger partial charge in [0.05, 0.1) is 6.04 Å². The molecule has 2 aromatic carbocycles. The fraction of sp³-hybridized carbons (Fsp3) is 0.261. The first-order valence-electron chi connectivity index (χ1n) is 9.15. The number of carbonyl (C=O) groups excluding carboxylic acids is 1. The molecule has 1 N–H and O–H groups in total. The molecule has 4 heteroatoms. The lowest BCUT2D eigenvalue weighted by molar-refractivity contribution is 0.0930. The second-order valence-electron chi connectivity index (χ2n) is 7.00. The Labute approximate surface area is 159 Å². The van der Waals surface area contributed by atoms with E-state index in [1.54, 1.807) is 12.1 Å². The first-order chi connectivity index (χ1) is 12.9. The van der Waals surface area contributed by atoms with Crippen molar-refractivity contribution in [3.05, 3.63) is 94.1 Å². The number of amides is 1. The zero-order chi connectivity index (χ0) is 19.6. The number of nitrogens with zero attached hydrogens (tertiary/aromatic N) is 1. The van der Waals surface area contributed by atoms with Gasteiger partial charge in [-0.2, -0.15) is 0 Å². The average Bonchev–Trinajstić information content (AvgIpc) is 2.88. The molecule has 0 fully saturated rings. The quantitative estimate of drug-likeness (QED) is 0.672. The molecule has 3 nitrogen and oxygen atoms in total. The topological polar surface area (TPSA) is 34.0 Å². The van der Waals surface area contributed by atoms with E-state index in [1.165, 1.54) is 12.1 Å². The van der Waals surface area contributed by atoms with Crippen LogP contribution in [0.15, 0.2) is 54.6 Å². The molecule has 3 aromatic rings. The van der Waals surface area contributed by atoms with Crippen molar-refractivity contribution in [1.29, 1.82) is 0 Å². The van der Waals surface area contributed by atoms with Crippen molar-refractivity contribution >= 4 is 5.91 Å². The molecule has 1 aromatic heterocycles. The van der Waals surface area contributed by atoms with Gasteiger partial charge in [0.25, 0.3) is 5.91 Å². The van der Waals surface area contributed by atoms with Crippen LogP contribution in [0, 0.1) is 26.6 Å². The van der Waals surface area contributed by atoms with Crippen LogP contribution >= 0.6 is 0 Å². The summed E-state index contributed by atoms with van der Waals surface area (Å²) in [7, 11) is 0. The highest BCUT2D eigenvalue weighted by Gasteiger charge is 2.22. The molecule has 0 saturated carbocycles. The molecule has 1 heterocycles. The molecule has 27 heavy (non-hydrogen) atoms.